The summed E-state index contributed by atoms with van der Waals surface area (Å²) in [5.74, 6) is 0.719. The van der Waals surface area contributed by atoms with Crippen molar-refractivity contribution in [1.29, 1.82) is 0 Å². The van der Waals surface area contributed by atoms with Crippen molar-refractivity contribution in [2.24, 2.45) is 10.9 Å². The van der Waals surface area contributed by atoms with Gasteiger partial charge in [-0.3, -0.25) is 0 Å². The summed E-state index contributed by atoms with van der Waals surface area (Å²) < 4.78 is 13.2. The Bertz CT molecular complexity index is 491. The molecular formula is C17H27ClFN3O. The maximum absolute atomic E-state index is 13.2. The number of hydrogen-bond donors (Lipinski definition) is 3. The first-order chi connectivity index (χ1) is 11.1. The number of aliphatic imine (C=N–C) groups is 1. The Hall–Kier alpha value is -1.33. The number of guanidine groups is 1. The Balaban J connectivity index is 2.62. The van der Waals surface area contributed by atoms with Gasteiger partial charge in [0.15, 0.2) is 5.96 Å². The first-order valence-electron chi connectivity index (χ1n) is 8.17. The minimum Gasteiger partial charge on any atom is -0.396 e. The molecule has 3 N–H and O–H groups in total. The van der Waals surface area contributed by atoms with Gasteiger partial charge < -0.3 is 15.7 Å². The number of benzene rings is 1. The van der Waals surface area contributed by atoms with Crippen LogP contribution in [0.25, 0.3) is 0 Å². The van der Waals surface area contributed by atoms with E-state index < -0.39 is 5.82 Å². The molecule has 0 aromatic heterocycles. The van der Waals surface area contributed by atoms with Gasteiger partial charge in [-0.1, -0.05) is 31.0 Å². The van der Waals surface area contributed by atoms with E-state index in [4.69, 9.17) is 16.7 Å². The van der Waals surface area contributed by atoms with Gasteiger partial charge in [0.2, 0.25) is 0 Å². The monoisotopic (exact) mass is 343 g/mol. The minimum absolute atomic E-state index is 0.113. The van der Waals surface area contributed by atoms with Gasteiger partial charge in [-0.15, -0.1) is 0 Å². The van der Waals surface area contributed by atoms with Crippen LogP contribution in [0.1, 0.15) is 38.7 Å². The quantitative estimate of drug-likeness (QED) is 0.476. The highest BCUT2D eigenvalue weighted by atomic mass is 35.5. The fourth-order valence-corrected chi connectivity index (χ4v) is 2.53. The number of rotatable bonds is 9. The number of aliphatic hydroxyl groups excluding tert-OH is 1. The van der Waals surface area contributed by atoms with Crippen LogP contribution >= 0.6 is 11.6 Å². The fourth-order valence-electron chi connectivity index (χ4n) is 2.33. The lowest BCUT2D eigenvalue weighted by atomic mass is 10.0. The molecule has 0 amide bonds. The molecule has 130 valence electrons. The van der Waals surface area contributed by atoms with Crippen molar-refractivity contribution >= 4 is 17.6 Å². The van der Waals surface area contributed by atoms with Gasteiger partial charge in [-0.25, -0.2) is 9.38 Å². The normalized spacial score (nSPS) is 13.0. The van der Waals surface area contributed by atoms with Gasteiger partial charge in [-0.2, -0.15) is 0 Å². The topological polar surface area (TPSA) is 56.6 Å². The molecule has 1 aromatic carbocycles. The maximum Gasteiger partial charge on any atom is 0.191 e. The summed E-state index contributed by atoms with van der Waals surface area (Å²) >= 11 is 5.78. The van der Waals surface area contributed by atoms with Crippen LogP contribution in [0, 0.1) is 11.7 Å². The molecule has 0 aliphatic carbocycles. The minimum atomic E-state index is -0.421. The highest BCUT2D eigenvalue weighted by Crippen LogP contribution is 2.16. The molecule has 0 fully saturated rings. The molecule has 0 aliphatic heterocycles. The van der Waals surface area contributed by atoms with Crippen molar-refractivity contribution in [1.82, 2.24) is 10.6 Å². The Labute approximate surface area is 143 Å². The van der Waals surface area contributed by atoms with E-state index in [1.165, 1.54) is 6.07 Å². The van der Waals surface area contributed by atoms with E-state index >= 15 is 0 Å². The molecule has 0 saturated carbocycles. The highest BCUT2D eigenvalue weighted by molar-refractivity contribution is 6.30. The van der Waals surface area contributed by atoms with Crippen LogP contribution in [0.4, 0.5) is 4.39 Å². The predicted octanol–water partition coefficient (Wildman–Crippen LogP) is 3.33. The number of nitrogens with one attached hydrogen (secondary N) is 2. The summed E-state index contributed by atoms with van der Waals surface area (Å²) in [6, 6.07) is 4.63. The lowest BCUT2D eigenvalue weighted by Crippen LogP contribution is -2.40. The molecule has 0 spiro atoms. The van der Waals surface area contributed by atoms with Gasteiger partial charge in [0.05, 0.1) is 11.6 Å². The standard InChI is InChI=1S/C17H27ClFN3O/c1-3-5-13(8-9-23)11-21-17(20-4-2)22-12-14-6-7-16(19)15(18)10-14/h6-7,10,13,23H,3-5,8-9,11-12H2,1-2H3,(H2,20,21,22). The van der Waals surface area contributed by atoms with Crippen LogP contribution < -0.4 is 10.6 Å². The van der Waals surface area contributed by atoms with E-state index in [-0.39, 0.29) is 11.6 Å². The Morgan fingerprint density at radius 3 is 2.70 bits per heavy atom. The average Bonchev–Trinajstić information content (AvgIpc) is 2.53. The molecule has 0 saturated heterocycles. The van der Waals surface area contributed by atoms with E-state index in [9.17, 15) is 4.39 Å². The lowest BCUT2D eigenvalue weighted by molar-refractivity contribution is 0.251. The second kappa shape index (κ2) is 11.2. The van der Waals surface area contributed by atoms with Gasteiger partial charge >= 0.3 is 0 Å². The zero-order valence-corrected chi connectivity index (χ0v) is 14.7. The molecule has 1 aromatic rings. The first kappa shape index (κ1) is 19.7. The maximum atomic E-state index is 13.2. The van der Waals surface area contributed by atoms with Crippen LogP contribution in [-0.4, -0.2) is 30.8 Å². The van der Waals surface area contributed by atoms with Crippen molar-refractivity contribution < 1.29 is 9.50 Å². The van der Waals surface area contributed by atoms with E-state index in [1.807, 2.05) is 6.92 Å². The van der Waals surface area contributed by atoms with Crippen LogP contribution in [0.15, 0.2) is 23.2 Å². The molecule has 6 heteroatoms. The molecule has 4 nitrogen and oxygen atoms in total. The Kier molecular flexibility index (Phi) is 9.64. The summed E-state index contributed by atoms with van der Waals surface area (Å²) in [6.45, 7) is 6.30. The second-order valence-electron chi connectivity index (χ2n) is 5.49. The van der Waals surface area contributed by atoms with Crippen LogP contribution in [0.5, 0.6) is 0 Å². The summed E-state index contributed by atoms with van der Waals surface area (Å²) in [7, 11) is 0. The van der Waals surface area contributed by atoms with E-state index in [2.05, 4.69) is 22.5 Å². The zero-order valence-electron chi connectivity index (χ0n) is 13.9. The van der Waals surface area contributed by atoms with Crippen molar-refractivity contribution in [3.63, 3.8) is 0 Å². The molecular weight excluding hydrogens is 317 g/mol. The van der Waals surface area contributed by atoms with Gasteiger partial charge in [0, 0.05) is 19.7 Å². The number of halogens is 2. The molecule has 23 heavy (non-hydrogen) atoms. The first-order valence-corrected chi connectivity index (χ1v) is 8.55. The zero-order chi connectivity index (χ0) is 17.1. The number of hydrogen-bond acceptors (Lipinski definition) is 2. The van der Waals surface area contributed by atoms with Crippen molar-refractivity contribution in [2.45, 2.75) is 39.7 Å². The molecule has 1 atom stereocenters. The van der Waals surface area contributed by atoms with Crippen molar-refractivity contribution in [2.75, 3.05) is 19.7 Å². The summed E-state index contributed by atoms with van der Waals surface area (Å²) in [4.78, 5) is 4.50. The summed E-state index contributed by atoms with van der Waals surface area (Å²) in [5, 5.41) is 15.7. The van der Waals surface area contributed by atoms with Crippen molar-refractivity contribution in [3.05, 3.63) is 34.6 Å². The third-order valence-corrected chi connectivity index (χ3v) is 3.83. The van der Waals surface area contributed by atoms with E-state index in [0.29, 0.717) is 18.4 Å². The van der Waals surface area contributed by atoms with Gasteiger partial charge in [-0.05, 0) is 43.4 Å². The SMILES string of the molecule is CCCC(CCO)CNC(=NCc1ccc(F)c(Cl)c1)NCC. The molecule has 0 heterocycles. The third kappa shape index (κ3) is 7.66. The molecule has 1 unspecified atom stereocenters. The molecule has 1 rings (SSSR count). The molecule has 0 radical (unpaired) electrons. The summed E-state index contributed by atoms with van der Waals surface area (Å²) in [5.41, 5.74) is 0.856. The predicted molar refractivity (Wildman–Crippen MR) is 94.3 cm³/mol. The van der Waals surface area contributed by atoms with E-state index in [1.54, 1.807) is 12.1 Å². The summed E-state index contributed by atoms with van der Waals surface area (Å²) in [6.07, 6.45) is 2.95. The Morgan fingerprint density at radius 1 is 1.30 bits per heavy atom. The number of aliphatic hydroxyl groups is 1. The van der Waals surface area contributed by atoms with Gasteiger partial charge in [0.25, 0.3) is 0 Å². The van der Waals surface area contributed by atoms with Gasteiger partial charge in [0.1, 0.15) is 5.82 Å². The Morgan fingerprint density at radius 2 is 2.09 bits per heavy atom. The van der Waals surface area contributed by atoms with Crippen LogP contribution in [-0.2, 0) is 6.54 Å². The van der Waals surface area contributed by atoms with E-state index in [0.717, 1.165) is 37.9 Å². The van der Waals surface area contributed by atoms with Crippen LogP contribution in [0.2, 0.25) is 5.02 Å². The average molecular weight is 344 g/mol. The largest absolute Gasteiger partial charge is 0.396 e. The smallest absolute Gasteiger partial charge is 0.191 e. The highest BCUT2D eigenvalue weighted by Gasteiger charge is 2.08. The molecule has 0 bridgehead atoms. The van der Waals surface area contributed by atoms with Crippen LogP contribution in [0.3, 0.4) is 0 Å². The van der Waals surface area contributed by atoms with Crippen molar-refractivity contribution in [3.8, 4) is 0 Å². The second-order valence-corrected chi connectivity index (χ2v) is 5.90. The lowest BCUT2D eigenvalue weighted by Gasteiger charge is -2.18. The number of nitrogens with zero attached hydrogens (tertiary/aromatic N) is 1. The fraction of sp³-hybridized carbons (Fsp3) is 0.588. The third-order valence-electron chi connectivity index (χ3n) is 3.54. The molecule has 0 aliphatic rings.